The molecular formula is C27H24N2O4S. The van der Waals surface area contributed by atoms with E-state index < -0.39 is 22.0 Å². The van der Waals surface area contributed by atoms with E-state index >= 15 is 0 Å². The van der Waals surface area contributed by atoms with Gasteiger partial charge >= 0.3 is 5.97 Å². The van der Waals surface area contributed by atoms with Crippen molar-refractivity contribution in [2.45, 2.75) is 24.3 Å². The highest BCUT2D eigenvalue weighted by Crippen LogP contribution is 2.20. The van der Waals surface area contributed by atoms with E-state index in [-0.39, 0.29) is 11.3 Å². The summed E-state index contributed by atoms with van der Waals surface area (Å²) < 4.78 is 33.4. The van der Waals surface area contributed by atoms with E-state index in [2.05, 4.69) is 21.5 Å². The summed E-state index contributed by atoms with van der Waals surface area (Å²) >= 11 is 0. The van der Waals surface area contributed by atoms with Gasteiger partial charge in [-0.15, -0.1) is 0 Å². The van der Waals surface area contributed by atoms with Gasteiger partial charge < -0.3 is 9.72 Å². The average Bonchev–Trinajstić information content (AvgIpc) is 3.26. The van der Waals surface area contributed by atoms with Gasteiger partial charge in [-0.1, -0.05) is 47.7 Å². The molecule has 3 aromatic carbocycles. The smallest absolute Gasteiger partial charge is 0.324 e. The van der Waals surface area contributed by atoms with Crippen LogP contribution in [-0.2, 0) is 26.0 Å². The fourth-order valence-electron chi connectivity index (χ4n) is 3.59. The molecule has 0 aliphatic carbocycles. The Bertz CT molecular complexity index is 1480. The fourth-order valence-corrected chi connectivity index (χ4v) is 4.77. The molecule has 0 aliphatic heterocycles. The molecule has 4 rings (SSSR count). The van der Waals surface area contributed by atoms with Crippen LogP contribution in [0.3, 0.4) is 0 Å². The third-order valence-electron chi connectivity index (χ3n) is 5.45. The zero-order chi connectivity index (χ0) is 24.1. The third-order valence-corrected chi connectivity index (χ3v) is 6.94. The second-order valence-corrected chi connectivity index (χ2v) is 9.62. The lowest BCUT2D eigenvalue weighted by molar-refractivity contribution is -0.142. The molecule has 34 heavy (non-hydrogen) atoms. The molecule has 1 heterocycles. The Kier molecular flexibility index (Phi) is 6.82. The number of aromatic amines is 1. The monoisotopic (exact) mass is 472 g/mol. The highest BCUT2D eigenvalue weighted by molar-refractivity contribution is 7.89. The van der Waals surface area contributed by atoms with Crippen molar-refractivity contribution in [1.29, 1.82) is 0 Å². The lowest BCUT2D eigenvalue weighted by Gasteiger charge is -2.16. The van der Waals surface area contributed by atoms with Crippen LogP contribution in [0.1, 0.15) is 22.3 Å². The summed E-state index contributed by atoms with van der Waals surface area (Å²) in [7, 11) is -2.73. The van der Waals surface area contributed by atoms with Crippen molar-refractivity contribution < 1.29 is 17.9 Å². The Morgan fingerprint density at radius 1 is 0.971 bits per heavy atom. The van der Waals surface area contributed by atoms with Crippen molar-refractivity contribution in [3.63, 3.8) is 0 Å². The molecule has 2 N–H and O–H groups in total. The molecule has 0 amide bonds. The van der Waals surface area contributed by atoms with Crippen LogP contribution in [0, 0.1) is 18.8 Å². The molecule has 1 atom stereocenters. The van der Waals surface area contributed by atoms with Crippen LogP contribution in [0.4, 0.5) is 0 Å². The summed E-state index contributed by atoms with van der Waals surface area (Å²) in [6.07, 6.45) is 1.92. The molecule has 0 fully saturated rings. The van der Waals surface area contributed by atoms with Gasteiger partial charge in [-0.2, -0.15) is 4.72 Å². The van der Waals surface area contributed by atoms with Crippen LogP contribution in [0.2, 0.25) is 0 Å². The molecule has 0 saturated carbocycles. The lowest BCUT2D eigenvalue weighted by atomic mass is 10.1. The normalized spacial score (nSPS) is 12.1. The second-order valence-electron chi connectivity index (χ2n) is 7.90. The van der Waals surface area contributed by atoms with Crippen LogP contribution >= 0.6 is 0 Å². The Balaban J connectivity index is 1.52. The van der Waals surface area contributed by atoms with Crippen molar-refractivity contribution in [2.24, 2.45) is 0 Å². The minimum absolute atomic E-state index is 0.0428. The van der Waals surface area contributed by atoms with Crippen LogP contribution in [0.5, 0.6) is 0 Å². The summed E-state index contributed by atoms with van der Waals surface area (Å²) in [5.74, 6) is 5.43. The largest absolute Gasteiger partial charge is 0.468 e. The first-order valence-electron chi connectivity index (χ1n) is 10.7. The minimum atomic E-state index is -3.97. The molecule has 7 heteroatoms. The second kappa shape index (κ2) is 9.96. The summed E-state index contributed by atoms with van der Waals surface area (Å²) in [5.41, 5.74) is 4.44. The summed E-state index contributed by atoms with van der Waals surface area (Å²) in [6, 6.07) is 20.6. The van der Waals surface area contributed by atoms with Crippen molar-refractivity contribution in [3.8, 4) is 11.8 Å². The van der Waals surface area contributed by atoms with Crippen molar-refractivity contribution >= 4 is 26.9 Å². The number of benzene rings is 3. The highest BCUT2D eigenvalue weighted by Gasteiger charge is 2.27. The fraction of sp³-hybridized carbons (Fsp3) is 0.148. The Labute approximate surface area is 199 Å². The first-order chi connectivity index (χ1) is 16.4. The number of fused-ring (bicyclic) bond motifs is 1. The molecule has 0 saturated heterocycles. The van der Waals surface area contributed by atoms with E-state index in [4.69, 9.17) is 4.74 Å². The van der Waals surface area contributed by atoms with E-state index in [0.29, 0.717) is 5.56 Å². The number of methoxy groups -OCH3 is 1. The lowest BCUT2D eigenvalue weighted by Crippen LogP contribution is -2.42. The van der Waals surface area contributed by atoms with Crippen LogP contribution in [-0.4, -0.2) is 32.5 Å². The number of nitrogens with one attached hydrogen (secondary N) is 2. The molecule has 6 nitrogen and oxygen atoms in total. The number of H-pyrrole nitrogens is 1. The topological polar surface area (TPSA) is 88.3 Å². The molecular weight excluding hydrogens is 448 g/mol. The van der Waals surface area contributed by atoms with E-state index in [9.17, 15) is 13.2 Å². The molecule has 0 aliphatic rings. The Morgan fingerprint density at radius 2 is 1.59 bits per heavy atom. The van der Waals surface area contributed by atoms with E-state index in [1.54, 1.807) is 18.3 Å². The molecule has 1 aromatic heterocycles. The van der Waals surface area contributed by atoms with Gasteiger partial charge in [0.2, 0.25) is 10.0 Å². The highest BCUT2D eigenvalue weighted by atomic mass is 32.2. The molecule has 172 valence electrons. The number of aromatic nitrogens is 1. The number of sulfonamides is 1. The van der Waals surface area contributed by atoms with Gasteiger partial charge in [0.1, 0.15) is 6.04 Å². The molecule has 0 bridgehead atoms. The van der Waals surface area contributed by atoms with E-state index in [0.717, 1.165) is 27.6 Å². The molecule has 0 spiro atoms. The van der Waals surface area contributed by atoms with Crippen LogP contribution < -0.4 is 4.72 Å². The number of hydrogen-bond donors (Lipinski definition) is 2. The zero-order valence-corrected chi connectivity index (χ0v) is 19.6. The Morgan fingerprint density at radius 3 is 2.24 bits per heavy atom. The number of hydrogen-bond acceptors (Lipinski definition) is 4. The average molecular weight is 473 g/mol. The number of carbonyl (C=O) groups is 1. The predicted octanol–water partition coefficient (Wildman–Crippen LogP) is 3.94. The third kappa shape index (κ3) is 5.37. The van der Waals surface area contributed by atoms with Gasteiger partial charge in [-0.3, -0.25) is 4.79 Å². The van der Waals surface area contributed by atoms with Crippen LogP contribution in [0.15, 0.2) is 83.9 Å². The predicted molar refractivity (Wildman–Crippen MR) is 132 cm³/mol. The number of carbonyl (C=O) groups excluding carboxylic acids is 1. The molecule has 4 aromatic rings. The first-order valence-corrected chi connectivity index (χ1v) is 12.2. The zero-order valence-electron chi connectivity index (χ0n) is 18.8. The van der Waals surface area contributed by atoms with Crippen molar-refractivity contribution in [3.05, 3.63) is 101 Å². The van der Waals surface area contributed by atoms with Gasteiger partial charge in [0, 0.05) is 34.6 Å². The maximum Gasteiger partial charge on any atom is 0.324 e. The van der Waals surface area contributed by atoms with Crippen molar-refractivity contribution in [1.82, 2.24) is 9.71 Å². The SMILES string of the molecule is COC(=O)[C@H](Cc1c[nH]c2ccccc12)NS(=O)(=O)c1ccc(C#Cc2ccc(C)cc2)cc1. The standard InChI is InChI=1S/C27H24N2O4S/c1-19-7-9-20(10-8-19)11-12-21-13-15-23(16-14-21)34(31,32)29-26(27(30)33-2)17-22-18-28-25-6-4-3-5-24(22)25/h3-10,13-16,18,26,28-29H,17H2,1-2H3/t26-/m0/s1. The first kappa shape index (κ1) is 23.3. The number of para-hydroxylation sites is 1. The summed E-state index contributed by atoms with van der Waals surface area (Å²) in [5, 5.41) is 0.923. The van der Waals surface area contributed by atoms with Gasteiger partial charge in [-0.05, 0) is 55.0 Å². The maximum atomic E-state index is 13.0. The number of esters is 1. The number of ether oxygens (including phenoxy) is 1. The van der Waals surface area contributed by atoms with Gasteiger partial charge in [0.25, 0.3) is 0 Å². The van der Waals surface area contributed by atoms with E-state index in [1.807, 2.05) is 55.5 Å². The van der Waals surface area contributed by atoms with Crippen LogP contribution in [0.25, 0.3) is 10.9 Å². The minimum Gasteiger partial charge on any atom is -0.468 e. The summed E-state index contributed by atoms with van der Waals surface area (Å²) in [6.45, 7) is 2.01. The Hall–Kier alpha value is -3.86. The number of aryl methyl sites for hydroxylation is 1. The quantitative estimate of drug-likeness (QED) is 0.329. The van der Waals surface area contributed by atoms with E-state index in [1.165, 1.54) is 19.2 Å². The number of rotatable bonds is 6. The van der Waals surface area contributed by atoms with Gasteiger partial charge in [-0.25, -0.2) is 8.42 Å². The summed E-state index contributed by atoms with van der Waals surface area (Å²) in [4.78, 5) is 15.6. The van der Waals surface area contributed by atoms with Crippen molar-refractivity contribution in [2.75, 3.05) is 7.11 Å². The molecule has 0 radical (unpaired) electrons. The van der Waals surface area contributed by atoms with Gasteiger partial charge in [0.05, 0.1) is 12.0 Å². The maximum absolute atomic E-state index is 13.0. The molecule has 0 unspecified atom stereocenters. The van der Waals surface area contributed by atoms with Gasteiger partial charge in [0.15, 0.2) is 0 Å².